The molecule has 0 aliphatic rings. The van der Waals surface area contributed by atoms with Gasteiger partial charge in [-0.05, 0) is 27.9 Å². The van der Waals surface area contributed by atoms with Crippen LogP contribution in [0.1, 0.15) is 13.8 Å². The summed E-state index contributed by atoms with van der Waals surface area (Å²) in [6.45, 7) is 4.85. The first kappa shape index (κ1) is 9.25. The zero-order valence-corrected chi connectivity index (χ0v) is 7.10. The van der Waals surface area contributed by atoms with E-state index in [4.69, 9.17) is 5.26 Å². The van der Waals surface area contributed by atoms with E-state index in [0.29, 0.717) is 6.54 Å². The molecule has 10 heavy (non-hydrogen) atoms. The van der Waals surface area contributed by atoms with Crippen LogP contribution < -0.4 is 5.32 Å². The van der Waals surface area contributed by atoms with Crippen LogP contribution in [0.25, 0.3) is 0 Å². The predicted molar refractivity (Wildman–Crippen MR) is 41.4 cm³/mol. The molecule has 0 saturated heterocycles. The van der Waals surface area contributed by atoms with Crippen molar-refractivity contribution in [3.8, 4) is 6.19 Å². The molecule has 0 aliphatic carbocycles. The van der Waals surface area contributed by atoms with Gasteiger partial charge in [-0.25, -0.2) is 0 Å². The molecule has 0 atom stereocenters. The van der Waals surface area contributed by atoms with Gasteiger partial charge in [-0.15, -0.1) is 0 Å². The van der Waals surface area contributed by atoms with Gasteiger partial charge in [0.25, 0.3) is 0 Å². The molecule has 0 aromatic carbocycles. The minimum atomic E-state index is 0.0513. The van der Waals surface area contributed by atoms with Gasteiger partial charge in [0, 0.05) is 12.1 Å². The van der Waals surface area contributed by atoms with Gasteiger partial charge in [-0.3, -0.25) is 0 Å². The van der Waals surface area contributed by atoms with Crippen LogP contribution in [0, 0.1) is 11.5 Å². The maximum Gasteiger partial charge on any atom is 0.176 e. The van der Waals surface area contributed by atoms with Crippen molar-refractivity contribution in [2.75, 3.05) is 20.6 Å². The van der Waals surface area contributed by atoms with Crippen molar-refractivity contribution in [1.82, 2.24) is 10.2 Å². The molecule has 0 saturated carbocycles. The topological polar surface area (TPSA) is 39.1 Å². The summed E-state index contributed by atoms with van der Waals surface area (Å²) in [7, 11) is 4.00. The Kier molecular flexibility index (Phi) is 3.17. The predicted octanol–water partition coefficient (Wildman–Crippen LogP) is 0.397. The van der Waals surface area contributed by atoms with Gasteiger partial charge in [-0.1, -0.05) is 0 Å². The second kappa shape index (κ2) is 3.43. The van der Waals surface area contributed by atoms with Gasteiger partial charge < -0.3 is 10.2 Å². The minimum Gasteiger partial charge on any atom is -0.322 e. The molecular weight excluding hydrogens is 126 g/mol. The maximum atomic E-state index is 8.23. The van der Waals surface area contributed by atoms with Gasteiger partial charge in [0.2, 0.25) is 0 Å². The number of hydrogen-bond acceptors (Lipinski definition) is 3. The SMILES string of the molecule is CN(C)C(C)(C)CNC#N. The molecule has 0 unspecified atom stereocenters. The second-order valence-corrected chi connectivity index (χ2v) is 3.17. The molecule has 3 nitrogen and oxygen atoms in total. The Bertz CT molecular complexity index is 132. The van der Waals surface area contributed by atoms with Crippen LogP contribution in [-0.4, -0.2) is 31.1 Å². The Morgan fingerprint density at radius 2 is 2.00 bits per heavy atom. The van der Waals surface area contributed by atoms with Gasteiger partial charge in [0.1, 0.15) is 0 Å². The van der Waals surface area contributed by atoms with Crippen molar-refractivity contribution in [3.63, 3.8) is 0 Å². The van der Waals surface area contributed by atoms with E-state index >= 15 is 0 Å². The molecular formula is C7H15N3. The average molecular weight is 141 g/mol. The Labute approximate surface area is 62.6 Å². The first-order chi connectivity index (χ1) is 4.50. The number of hydrogen-bond donors (Lipinski definition) is 1. The summed E-state index contributed by atoms with van der Waals surface area (Å²) in [5, 5.41) is 10.9. The van der Waals surface area contributed by atoms with Gasteiger partial charge in [0.15, 0.2) is 6.19 Å². The molecule has 0 rings (SSSR count). The van der Waals surface area contributed by atoms with Crippen molar-refractivity contribution in [3.05, 3.63) is 0 Å². The third-order valence-corrected chi connectivity index (χ3v) is 1.81. The molecule has 0 aromatic heterocycles. The van der Waals surface area contributed by atoms with E-state index in [2.05, 4.69) is 24.1 Å². The average Bonchev–Trinajstić information content (AvgIpc) is 1.84. The lowest BCUT2D eigenvalue weighted by Crippen LogP contribution is -2.45. The summed E-state index contributed by atoms with van der Waals surface area (Å²) in [6, 6.07) is 0. The Morgan fingerprint density at radius 1 is 1.50 bits per heavy atom. The lowest BCUT2D eigenvalue weighted by molar-refractivity contribution is 0.196. The van der Waals surface area contributed by atoms with Crippen LogP contribution in [0.2, 0.25) is 0 Å². The van der Waals surface area contributed by atoms with Gasteiger partial charge in [-0.2, -0.15) is 5.26 Å². The lowest BCUT2D eigenvalue weighted by Gasteiger charge is -2.31. The van der Waals surface area contributed by atoms with E-state index in [1.54, 1.807) is 0 Å². The number of nitrogens with zero attached hydrogens (tertiary/aromatic N) is 2. The molecule has 0 aromatic rings. The van der Waals surface area contributed by atoms with Crippen molar-refractivity contribution in [1.29, 1.82) is 5.26 Å². The fourth-order valence-corrected chi connectivity index (χ4v) is 0.414. The third-order valence-electron chi connectivity index (χ3n) is 1.81. The Balaban J connectivity index is 3.77. The third kappa shape index (κ3) is 2.70. The Morgan fingerprint density at radius 3 is 2.30 bits per heavy atom. The van der Waals surface area contributed by atoms with Gasteiger partial charge >= 0.3 is 0 Å². The molecule has 3 heteroatoms. The zero-order valence-electron chi connectivity index (χ0n) is 7.10. The second-order valence-electron chi connectivity index (χ2n) is 3.17. The molecule has 58 valence electrons. The number of nitrogens with one attached hydrogen (secondary N) is 1. The van der Waals surface area contributed by atoms with Crippen LogP contribution >= 0.6 is 0 Å². The van der Waals surface area contributed by atoms with E-state index in [0.717, 1.165) is 0 Å². The van der Waals surface area contributed by atoms with E-state index in [1.165, 1.54) is 0 Å². The van der Waals surface area contributed by atoms with E-state index in [9.17, 15) is 0 Å². The van der Waals surface area contributed by atoms with Crippen LogP contribution in [0.4, 0.5) is 0 Å². The highest BCUT2D eigenvalue weighted by atomic mass is 15.2. The van der Waals surface area contributed by atoms with Crippen LogP contribution in [0.15, 0.2) is 0 Å². The summed E-state index contributed by atoms with van der Waals surface area (Å²) in [4.78, 5) is 2.08. The first-order valence-corrected chi connectivity index (χ1v) is 3.30. The highest BCUT2D eigenvalue weighted by molar-refractivity contribution is 4.83. The summed E-state index contributed by atoms with van der Waals surface area (Å²) in [5.41, 5.74) is 0.0513. The summed E-state index contributed by atoms with van der Waals surface area (Å²) in [5.74, 6) is 0. The first-order valence-electron chi connectivity index (χ1n) is 3.30. The quantitative estimate of drug-likeness (QED) is 0.456. The number of likely N-dealkylation sites (N-methyl/N-ethyl adjacent to an activating group) is 1. The van der Waals surface area contributed by atoms with Crippen LogP contribution in [-0.2, 0) is 0 Å². The monoisotopic (exact) mass is 141 g/mol. The molecule has 0 heterocycles. The molecule has 0 radical (unpaired) electrons. The molecule has 0 aliphatic heterocycles. The summed E-state index contributed by atoms with van der Waals surface area (Å²) < 4.78 is 0. The maximum absolute atomic E-state index is 8.23. The highest BCUT2D eigenvalue weighted by Crippen LogP contribution is 2.06. The van der Waals surface area contributed by atoms with E-state index in [-0.39, 0.29) is 5.54 Å². The Hall–Kier alpha value is -0.750. The van der Waals surface area contributed by atoms with E-state index < -0.39 is 0 Å². The minimum absolute atomic E-state index is 0.0513. The molecule has 0 amide bonds. The van der Waals surface area contributed by atoms with Gasteiger partial charge in [0.05, 0.1) is 0 Å². The fourth-order valence-electron chi connectivity index (χ4n) is 0.414. The molecule has 0 bridgehead atoms. The zero-order chi connectivity index (χ0) is 8.20. The highest BCUT2D eigenvalue weighted by Gasteiger charge is 2.19. The van der Waals surface area contributed by atoms with Crippen LogP contribution in [0.5, 0.6) is 0 Å². The summed E-state index contributed by atoms with van der Waals surface area (Å²) in [6.07, 6.45) is 1.90. The molecule has 1 N–H and O–H groups in total. The number of rotatable bonds is 3. The molecule has 0 spiro atoms. The normalized spacial score (nSPS) is 11.2. The van der Waals surface area contributed by atoms with Crippen molar-refractivity contribution >= 4 is 0 Å². The number of nitriles is 1. The fraction of sp³-hybridized carbons (Fsp3) is 0.857. The van der Waals surface area contributed by atoms with Crippen molar-refractivity contribution in [2.24, 2.45) is 0 Å². The van der Waals surface area contributed by atoms with Crippen molar-refractivity contribution < 1.29 is 0 Å². The largest absolute Gasteiger partial charge is 0.322 e. The summed E-state index contributed by atoms with van der Waals surface area (Å²) >= 11 is 0. The van der Waals surface area contributed by atoms with E-state index in [1.807, 2.05) is 20.3 Å². The van der Waals surface area contributed by atoms with Crippen molar-refractivity contribution in [2.45, 2.75) is 19.4 Å². The molecule has 0 fully saturated rings. The smallest absolute Gasteiger partial charge is 0.176 e. The van der Waals surface area contributed by atoms with Crippen LogP contribution in [0.3, 0.4) is 0 Å². The lowest BCUT2D eigenvalue weighted by atomic mass is 10.1. The standard InChI is InChI=1S/C7H15N3/c1-7(2,10(3)4)5-9-6-8/h9H,5H2,1-4H3.